The Hall–Kier alpha value is -2.16. The molecule has 0 aliphatic heterocycles. The number of aromatic amines is 1. The molecule has 0 atom stereocenters. The van der Waals surface area contributed by atoms with Crippen LogP contribution in [0.4, 0.5) is 0 Å². The summed E-state index contributed by atoms with van der Waals surface area (Å²) in [7, 11) is 0. The molecular formula is C15H17N3. The number of fused-ring (bicyclic) bond motifs is 1. The summed E-state index contributed by atoms with van der Waals surface area (Å²) in [6.07, 6.45) is 3.65. The van der Waals surface area contributed by atoms with Crippen LogP contribution in [0.5, 0.6) is 0 Å². The molecule has 0 unspecified atom stereocenters. The van der Waals surface area contributed by atoms with Crippen molar-refractivity contribution >= 4 is 11.0 Å². The highest BCUT2D eigenvalue weighted by molar-refractivity contribution is 5.93. The molecule has 0 saturated heterocycles. The summed E-state index contributed by atoms with van der Waals surface area (Å²) in [5.41, 5.74) is 5.38. The van der Waals surface area contributed by atoms with E-state index in [-0.39, 0.29) is 7.43 Å². The van der Waals surface area contributed by atoms with E-state index in [1.165, 1.54) is 5.56 Å². The van der Waals surface area contributed by atoms with Gasteiger partial charge >= 0.3 is 0 Å². The second-order valence-electron chi connectivity index (χ2n) is 4.24. The summed E-state index contributed by atoms with van der Waals surface area (Å²) in [6, 6.07) is 8.17. The van der Waals surface area contributed by atoms with Crippen molar-refractivity contribution in [1.29, 1.82) is 0 Å². The fourth-order valence-corrected chi connectivity index (χ4v) is 2.13. The van der Waals surface area contributed by atoms with Crippen molar-refractivity contribution in [2.24, 2.45) is 0 Å². The minimum atomic E-state index is 0. The number of rotatable bonds is 1. The fraction of sp³-hybridized carbons (Fsp3) is 0.200. The van der Waals surface area contributed by atoms with E-state index >= 15 is 0 Å². The van der Waals surface area contributed by atoms with Crippen molar-refractivity contribution in [3.05, 3.63) is 47.9 Å². The molecule has 92 valence electrons. The molecule has 18 heavy (non-hydrogen) atoms. The summed E-state index contributed by atoms with van der Waals surface area (Å²) in [6.45, 7) is 4.12. The molecule has 0 amide bonds. The molecule has 0 aliphatic rings. The first-order valence-corrected chi connectivity index (χ1v) is 5.62. The van der Waals surface area contributed by atoms with Gasteiger partial charge in [0, 0.05) is 29.0 Å². The average molecular weight is 239 g/mol. The Labute approximate surface area is 107 Å². The lowest BCUT2D eigenvalue weighted by atomic mass is 10.1. The van der Waals surface area contributed by atoms with E-state index in [2.05, 4.69) is 34.0 Å². The van der Waals surface area contributed by atoms with Gasteiger partial charge in [0.1, 0.15) is 5.65 Å². The van der Waals surface area contributed by atoms with Gasteiger partial charge in [0.2, 0.25) is 0 Å². The summed E-state index contributed by atoms with van der Waals surface area (Å²) >= 11 is 0. The highest BCUT2D eigenvalue weighted by Gasteiger charge is 2.09. The zero-order valence-corrected chi connectivity index (χ0v) is 9.86. The molecule has 3 aromatic rings. The average Bonchev–Trinajstić information content (AvgIpc) is 2.70. The van der Waals surface area contributed by atoms with Crippen molar-refractivity contribution in [2.45, 2.75) is 21.3 Å². The van der Waals surface area contributed by atoms with Gasteiger partial charge in [-0.05, 0) is 37.6 Å². The minimum absolute atomic E-state index is 0. The first-order chi connectivity index (χ1) is 8.25. The first-order valence-electron chi connectivity index (χ1n) is 5.62. The lowest BCUT2D eigenvalue weighted by Crippen LogP contribution is -1.88. The Morgan fingerprint density at radius 2 is 1.89 bits per heavy atom. The number of aromatic nitrogens is 3. The Kier molecular flexibility index (Phi) is 3.15. The van der Waals surface area contributed by atoms with E-state index in [0.29, 0.717) is 0 Å². The van der Waals surface area contributed by atoms with Crippen LogP contribution < -0.4 is 0 Å². The van der Waals surface area contributed by atoms with Gasteiger partial charge < -0.3 is 4.98 Å². The van der Waals surface area contributed by atoms with Crippen LogP contribution in [0.3, 0.4) is 0 Å². The third-order valence-electron chi connectivity index (χ3n) is 2.93. The number of pyridine rings is 2. The normalized spacial score (nSPS) is 10.3. The minimum Gasteiger partial charge on any atom is -0.344 e. The topological polar surface area (TPSA) is 41.6 Å². The molecule has 0 aromatic carbocycles. The van der Waals surface area contributed by atoms with Crippen LogP contribution in [0, 0.1) is 13.8 Å². The van der Waals surface area contributed by atoms with E-state index in [4.69, 9.17) is 0 Å². The molecule has 1 N–H and O–H groups in total. The van der Waals surface area contributed by atoms with Gasteiger partial charge in [-0.3, -0.25) is 4.98 Å². The van der Waals surface area contributed by atoms with E-state index < -0.39 is 0 Å². The number of nitrogens with one attached hydrogen (secondary N) is 1. The molecule has 0 bridgehead atoms. The second-order valence-corrected chi connectivity index (χ2v) is 4.24. The van der Waals surface area contributed by atoms with Gasteiger partial charge in [-0.1, -0.05) is 13.5 Å². The van der Waals surface area contributed by atoms with Crippen molar-refractivity contribution in [2.75, 3.05) is 0 Å². The molecule has 0 spiro atoms. The van der Waals surface area contributed by atoms with Crippen LogP contribution in [0.2, 0.25) is 0 Å². The highest BCUT2D eigenvalue weighted by Crippen LogP contribution is 2.28. The zero-order chi connectivity index (χ0) is 11.8. The summed E-state index contributed by atoms with van der Waals surface area (Å²) < 4.78 is 0. The lowest BCUT2D eigenvalue weighted by Gasteiger charge is -2.05. The lowest BCUT2D eigenvalue weighted by molar-refractivity contribution is 1.24. The van der Waals surface area contributed by atoms with E-state index in [1.807, 2.05) is 31.5 Å². The molecule has 0 saturated carbocycles. The second kappa shape index (κ2) is 4.61. The Morgan fingerprint density at radius 1 is 1.06 bits per heavy atom. The largest absolute Gasteiger partial charge is 0.344 e. The smallest absolute Gasteiger partial charge is 0.138 e. The number of aryl methyl sites for hydroxylation is 2. The van der Waals surface area contributed by atoms with E-state index in [1.54, 1.807) is 0 Å². The van der Waals surface area contributed by atoms with Crippen LogP contribution >= 0.6 is 0 Å². The molecule has 3 aromatic heterocycles. The maximum Gasteiger partial charge on any atom is 0.138 e. The van der Waals surface area contributed by atoms with Gasteiger partial charge in [0.25, 0.3) is 0 Å². The van der Waals surface area contributed by atoms with E-state index in [9.17, 15) is 0 Å². The Balaban J connectivity index is 0.00000120. The standard InChI is InChI=1S/C14H13N3.CH4/c1-9-4-3-6-15-13(9)11-5-7-16-14-12(11)8-10(2)17-14;/h3-8H,1-2H3,(H,16,17);1H4. The monoisotopic (exact) mass is 239 g/mol. The molecule has 3 heteroatoms. The Morgan fingerprint density at radius 3 is 2.67 bits per heavy atom. The first kappa shape index (κ1) is 12.3. The van der Waals surface area contributed by atoms with Gasteiger partial charge in [-0.25, -0.2) is 4.98 Å². The number of H-pyrrole nitrogens is 1. The molecule has 0 fully saturated rings. The predicted molar refractivity (Wildman–Crippen MR) is 75.5 cm³/mol. The number of hydrogen-bond donors (Lipinski definition) is 1. The number of hydrogen-bond acceptors (Lipinski definition) is 2. The van der Waals surface area contributed by atoms with Crippen LogP contribution in [0.15, 0.2) is 36.7 Å². The molecule has 3 heterocycles. The van der Waals surface area contributed by atoms with Crippen molar-refractivity contribution in [3.8, 4) is 11.3 Å². The molecule has 0 radical (unpaired) electrons. The van der Waals surface area contributed by atoms with Crippen molar-refractivity contribution < 1.29 is 0 Å². The molecule has 3 rings (SSSR count). The SMILES string of the molecule is C.Cc1cc2c(-c3ncccc3C)ccnc2[nH]1. The predicted octanol–water partition coefficient (Wildman–Crippen LogP) is 3.88. The molecule has 3 nitrogen and oxygen atoms in total. The third-order valence-corrected chi connectivity index (χ3v) is 2.93. The molecule has 0 aliphatic carbocycles. The van der Waals surface area contributed by atoms with E-state index in [0.717, 1.165) is 28.0 Å². The van der Waals surface area contributed by atoms with Crippen LogP contribution in [-0.2, 0) is 0 Å². The molecular weight excluding hydrogens is 222 g/mol. The third kappa shape index (κ3) is 1.88. The highest BCUT2D eigenvalue weighted by atomic mass is 14.8. The Bertz CT molecular complexity index is 683. The zero-order valence-electron chi connectivity index (χ0n) is 9.86. The number of nitrogens with zero attached hydrogens (tertiary/aromatic N) is 2. The van der Waals surface area contributed by atoms with Gasteiger partial charge in [-0.2, -0.15) is 0 Å². The van der Waals surface area contributed by atoms with Crippen LogP contribution in [0.1, 0.15) is 18.7 Å². The fourth-order valence-electron chi connectivity index (χ4n) is 2.13. The quantitative estimate of drug-likeness (QED) is 0.700. The summed E-state index contributed by atoms with van der Waals surface area (Å²) in [4.78, 5) is 12.0. The van der Waals surface area contributed by atoms with Gasteiger partial charge in [-0.15, -0.1) is 0 Å². The van der Waals surface area contributed by atoms with Crippen molar-refractivity contribution in [3.63, 3.8) is 0 Å². The van der Waals surface area contributed by atoms with Crippen LogP contribution in [0.25, 0.3) is 22.3 Å². The van der Waals surface area contributed by atoms with Crippen molar-refractivity contribution in [1.82, 2.24) is 15.0 Å². The summed E-state index contributed by atoms with van der Waals surface area (Å²) in [5.74, 6) is 0. The summed E-state index contributed by atoms with van der Waals surface area (Å²) in [5, 5.41) is 1.13. The van der Waals surface area contributed by atoms with Gasteiger partial charge in [0.15, 0.2) is 0 Å². The van der Waals surface area contributed by atoms with Crippen LogP contribution in [-0.4, -0.2) is 15.0 Å². The maximum atomic E-state index is 4.47. The van der Waals surface area contributed by atoms with Gasteiger partial charge in [0.05, 0.1) is 5.69 Å². The maximum absolute atomic E-state index is 4.47.